The van der Waals surface area contributed by atoms with E-state index in [-0.39, 0.29) is 38.4 Å². The molecule has 4 rings (SSSR count). The molecule has 2 heterocycles. The lowest BCUT2D eigenvalue weighted by Gasteiger charge is -2.35. The fourth-order valence-corrected chi connectivity index (χ4v) is 8.53. The molecule has 4 atom stereocenters. The van der Waals surface area contributed by atoms with Crippen LogP contribution in [0.2, 0.25) is 0 Å². The summed E-state index contributed by atoms with van der Waals surface area (Å²) < 4.78 is 35.0. The van der Waals surface area contributed by atoms with Gasteiger partial charge in [0, 0.05) is 31.5 Å². The van der Waals surface area contributed by atoms with Crippen molar-refractivity contribution in [3.8, 4) is 6.07 Å². The average Bonchev–Trinajstić information content (AvgIpc) is 3.81. The van der Waals surface area contributed by atoms with Crippen LogP contribution in [0.4, 0.5) is 9.59 Å². The molecule has 0 spiro atoms. The van der Waals surface area contributed by atoms with Gasteiger partial charge in [0.15, 0.2) is 4.87 Å². The maximum Gasteiger partial charge on any atom is 0.419 e. The highest BCUT2D eigenvalue weighted by molar-refractivity contribution is 7.90. The molecular weight excluding hydrogens is 576 g/mol. The normalized spacial score (nSPS) is 29.3. The number of allylic oxidation sites excluding steroid dienone is 1. The molecule has 238 valence electrons. The standard InChI is InChI=1S/C29H44N6O7S/c1-28(2,3)42-27(39)35(26(31)38)23-12-8-6-4-5-7-11-20-19-29(20,32-24(36)22-13-9-17-33(22)25(23)37)43(40,41)34(18-10-16-30)21-14-15-21/h7,11,20-23H,4-6,8-10,12-15,17-19H2,1-3H3,(H2,31,38)(H,32,36)/b11-7-/t20-,22+,23+,29-/m1/s1. The minimum atomic E-state index is -4.05. The molecule has 0 bridgehead atoms. The van der Waals surface area contributed by atoms with Gasteiger partial charge in [-0.25, -0.2) is 22.9 Å². The van der Waals surface area contributed by atoms with Gasteiger partial charge in [0.2, 0.25) is 21.8 Å². The zero-order valence-electron chi connectivity index (χ0n) is 25.3. The van der Waals surface area contributed by atoms with E-state index in [1.807, 2.05) is 18.2 Å². The quantitative estimate of drug-likeness (QED) is 0.425. The van der Waals surface area contributed by atoms with Crippen LogP contribution in [0, 0.1) is 17.2 Å². The number of nitriles is 1. The van der Waals surface area contributed by atoms with E-state index in [1.165, 1.54) is 9.21 Å². The molecule has 43 heavy (non-hydrogen) atoms. The third-order valence-electron chi connectivity index (χ3n) is 8.44. The second-order valence-corrected chi connectivity index (χ2v) is 15.1. The van der Waals surface area contributed by atoms with Crippen molar-refractivity contribution >= 4 is 34.0 Å². The Kier molecular flexibility index (Phi) is 9.76. The number of fused-ring (bicyclic) bond motifs is 2. The number of nitrogens with two attached hydrogens (primary N) is 1. The smallest absolute Gasteiger partial charge is 0.419 e. The molecule has 1 saturated heterocycles. The first-order chi connectivity index (χ1) is 20.2. The van der Waals surface area contributed by atoms with Crippen molar-refractivity contribution in [2.75, 3.05) is 13.1 Å². The second-order valence-electron chi connectivity index (χ2n) is 12.9. The SMILES string of the molecule is CC(C)(C)OC(=O)N(C(N)=O)[C@H]1CCCCC/C=C\[C@@H]2C[C@]2(S(=O)(=O)N(CCC#N)C2CC2)NC(=O)[C@@H]2CCCN2C1=O. The van der Waals surface area contributed by atoms with Gasteiger partial charge < -0.3 is 20.7 Å². The number of primary amides is 1. The number of carbonyl (C=O) groups excluding carboxylic acids is 4. The molecule has 2 aliphatic heterocycles. The number of sulfonamides is 1. The number of amides is 5. The van der Waals surface area contributed by atoms with Crippen molar-refractivity contribution in [2.24, 2.45) is 11.7 Å². The first kappa shape index (κ1) is 32.7. The average molecular weight is 621 g/mol. The molecule has 2 saturated carbocycles. The van der Waals surface area contributed by atoms with Gasteiger partial charge in [-0.1, -0.05) is 25.0 Å². The van der Waals surface area contributed by atoms with Crippen LogP contribution in [-0.2, 0) is 24.3 Å². The van der Waals surface area contributed by atoms with E-state index in [9.17, 15) is 27.6 Å². The molecule has 2 aliphatic carbocycles. The van der Waals surface area contributed by atoms with Crippen molar-refractivity contribution in [1.82, 2.24) is 19.4 Å². The first-order valence-electron chi connectivity index (χ1n) is 15.2. The van der Waals surface area contributed by atoms with Crippen LogP contribution in [-0.4, -0.2) is 88.1 Å². The molecule has 0 aromatic heterocycles. The Morgan fingerprint density at radius 3 is 2.51 bits per heavy atom. The van der Waals surface area contributed by atoms with Crippen LogP contribution in [0.1, 0.15) is 91.4 Å². The highest BCUT2D eigenvalue weighted by Crippen LogP contribution is 2.52. The Hall–Kier alpha value is -3.18. The summed E-state index contributed by atoms with van der Waals surface area (Å²) in [4.78, 5) is 53.9. The number of rotatable bonds is 6. The molecule has 4 aliphatic rings. The highest BCUT2D eigenvalue weighted by atomic mass is 32.2. The summed E-state index contributed by atoms with van der Waals surface area (Å²) >= 11 is 0. The molecule has 0 unspecified atom stereocenters. The summed E-state index contributed by atoms with van der Waals surface area (Å²) in [6.07, 6.45) is 7.90. The Balaban J connectivity index is 1.66. The summed E-state index contributed by atoms with van der Waals surface area (Å²) in [7, 11) is -4.05. The lowest BCUT2D eigenvalue weighted by Crippen LogP contribution is -2.60. The van der Waals surface area contributed by atoms with Crippen LogP contribution >= 0.6 is 0 Å². The topological polar surface area (TPSA) is 183 Å². The molecule has 13 nitrogen and oxygen atoms in total. The van der Waals surface area contributed by atoms with E-state index in [2.05, 4.69) is 5.32 Å². The maximum absolute atomic E-state index is 14.1. The van der Waals surface area contributed by atoms with Gasteiger partial charge >= 0.3 is 12.1 Å². The molecule has 3 fully saturated rings. The van der Waals surface area contributed by atoms with Gasteiger partial charge in [-0.05, 0) is 72.1 Å². The summed E-state index contributed by atoms with van der Waals surface area (Å²) in [5.74, 6) is -1.64. The Morgan fingerprint density at radius 1 is 1.16 bits per heavy atom. The molecule has 5 amide bonds. The number of imide groups is 1. The van der Waals surface area contributed by atoms with E-state index < -0.39 is 62.4 Å². The predicted octanol–water partition coefficient (Wildman–Crippen LogP) is 2.72. The monoisotopic (exact) mass is 620 g/mol. The van der Waals surface area contributed by atoms with E-state index in [0.29, 0.717) is 49.8 Å². The lowest BCUT2D eigenvalue weighted by atomic mass is 10.0. The van der Waals surface area contributed by atoms with E-state index in [4.69, 9.17) is 15.7 Å². The summed E-state index contributed by atoms with van der Waals surface area (Å²) in [5.41, 5.74) is 4.67. The number of hydrogen-bond donors (Lipinski definition) is 2. The fourth-order valence-electron chi connectivity index (χ4n) is 6.10. The van der Waals surface area contributed by atoms with Gasteiger partial charge in [0.25, 0.3) is 0 Å². The lowest BCUT2D eigenvalue weighted by molar-refractivity contribution is -0.142. The van der Waals surface area contributed by atoms with Crippen molar-refractivity contribution < 1.29 is 32.3 Å². The van der Waals surface area contributed by atoms with Crippen LogP contribution < -0.4 is 11.1 Å². The third-order valence-corrected chi connectivity index (χ3v) is 11.0. The summed E-state index contributed by atoms with van der Waals surface area (Å²) in [6.45, 7) is 5.16. The van der Waals surface area contributed by atoms with Crippen LogP contribution in [0.3, 0.4) is 0 Å². The van der Waals surface area contributed by atoms with Crippen LogP contribution in [0.25, 0.3) is 0 Å². The van der Waals surface area contributed by atoms with Gasteiger partial charge in [-0.3, -0.25) is 9.59 Å². The van der Waals surface area contributed by atoms with E-state index in [0.717, 1.165) is 6.42 Å². The summed E-state index contributed by atoms with van der Waals surface area (Å²) in [5, 5.41) is 12.0. The molecule has 0 aromatic rings. The number of carbonyl (C=O) groups is 4. The van der Waals surface area contributed by atoms with Gasteiger partial charge in [0.05, 0.1) is 6.07 Å². The second kappa shape index (κ2) is 12.8. The highest BCUT2D eigenvalue weighted by Gasteiger charge is 2.67. The number of hydrogen-bond acceptors (Lipinski definition) is 8. The van der Waals surface area contributed by atoms with Crippen LogP contribution in [0.5, 0.6) is 0 Å². The van der Waals surface area contributed by atoms with Gasteiger partial charge in [-0.2, -0.15) is 9.57 Å². The fraction of sp³-hybridized carbons (Fsp3) is 0.759. The van der Waals surface area contributed by atoms with Gasteiger partial charge in [0.1, 0.15) is 17.7 Å². The number of nitrogens with zero attached hydrogens (tertiary/aromatic N) is 4. The number of nitrogens with one attached hydrogen (secondary N) is 1. The van der Waals surface area contributed by atoms with Gasteiger partial charge in [-0.15, -0.1) is 0 Å². The Bertz CT molecular complexity index is 1280. The predicted molar refractivity (Wildman–Crippen MR) is 156 cm³/mol. The number of ether oxygens (including phenoxy) is 1. The largest absolute Gasteiger partial charge is 0.443 e. The van der Waals surface area contributed by atoms with Crippen molar-refractivity contribution in [2.45, 2.75) is 120 Å². The zero-order chi connectivity index (χ0) is 31.6. The minimum absolute atomic E-state index is 0.0422. The Morgan fingerprint density at radius 2 is 1.88 bits per heavy atom. The van der Waals surface area contributed by atoms with Crippen molar-refractivity contribution in [3.63, 3.8) is 0 Å². The van der Waals surface area contributed by atoms with E-state index >= 15 is 0 Å². The zero-order valence-corrected chi connectivity index (χ0v) is 26.1. The summed E-state index contributed by atoms with van der Waals surface area (Å²) in [6, 6.07) is -1.56. The molecular formula is C29H44N6O7S. The molecule has 0 radical (unpaired) electrons. The molecule has 3 N–H and O–H groups in total. The van der Waals surface area contributed by atoms with Crippen molar-refractivity contribution in [3.05, 3.63) is 12.2 Å². The minimum Gasteiger partial charge on any atom is -0.443 e. The first-order valence-corrected chi connectivity index (χ1v) is 16.7. The number of urea groups is 1. The third kappa shape index (κ3) is 7.15. The molecule has 0 aromatic carbocycles. The van der Waals surface area contributed by atoms with E-state index in [1.54, 1.807) is 20.8 Å². The van der Waals surface area contributed by atoms with Crippen molar-refractivity contribution in [1.29, 1.82) is 5.26 Å². The Labute approximate surface area is 253 Å². The molecule has 14 heteroatoms. The van der Waals surface area contributed by atoms with Crippen LogP contribution in [0.15, 0.2) is 12.2 Å². The maximum atomic E-state index is 14.1.